The molecule has 0 unspecified atom stereocenters. The molecule has 2 aromatic rings. The smallest absolute Gasteiger partial charge is 0.226 e. The molecule has 0 aromatic heterocycles. The van der Waals surface area contributed by atoms with Gasteiger partial charge in [0.1, 0.15) is 11.7 Å². The van der Waals surface area contributed by atoms with E-state index in [0.29, 0.717) is 12.6 Å². The summed E-state index contributed by atoms with van der Waals surface area (Å²) in [5, 5.41) is 3.26. The largest absolute Gasteiger partial charge is 0.493 e. The minimum atomic E-state index is -0.829. The molecular formula is C32H36N2O4. The minimum absolute atomic E-state index is 0.0541. The first-order chi connectivity index (χ1) is 18.6. The number of nitrogens with zero attached hydrogens (tertiary/aromatic N) is 1. The van der Waals surface area contributed by atoms with Crippen molar-refractivity contribution in [1.29, 1.82) is 0 Å². The van der Waals surface area contributed by atoms with Gasteiger partial charge in [0.15, 0.2) is 11.5 Å². The number of rotatable bonds is 7. The maximum absolute atomic E-state index is 14.1. The van der Waals surface area contributed by atoms with Crippen molar-refractivity contribution in [3.8, 4) is 11.5 Å². The number of likely N-dealkylation sites (tertiary alicyclic amines) is 1. The number of nitrogens with one attached hydrogen (secondary N) is 1. The van der Waals surface area contributed by atoms with Crippen LogP contribution >= 0.6 is 0 Å². The number of fused-ring (bicyclic) bond motifs is 1. The van der Waals surface area contributed by atoms with Gasteiger partial charge in [-0.05, 0) is 61.8 Å². The van der Waals surface area contributed by atoms with Crippen LogP contribution in [0.1, 0.15) is 42.4 Å². The van der Waals surface area contributed by atoms with Gasteiger partial charge in [0.25, 0.3) is 0 Å². The molecule has 2 heterocycles. The fraction of sp³-hybridized carbons (Fsp3) is 0.531. The molecule has 2 aliphatic heterocycles. The van der Waals surface area contributed by atoms with Crippen molar-refractivity contribution in [3.05, 3.63) is 71.3 Å². The highest BCUT2D eigenvalue weighted by molar-refractivity contribution is 5.83. The van der Waals surface area contributed by atoms with Crippen molar-refractivity contribution in [2.75, 3.05) is 27.3 Å². The molecule has 3 fully saturated rings. The molecule has 1 N–H and O–H groups in total. The van der Waals surface area contributed by atoms with E-state index in [2.05, 4.69) is 46.6 Å². The van der Waals surface area contributed by atoms with Crippen molar-refractivity contribution >= 4 is 5.91 Å². The fourth-order valence-electron chi connectivity index (χ4n) is 9.13. The number of methoxy groups -OCH3 is 2. The molecular weight excluding hydrogens is 476 g/mol. The molecule has 7 aliphatic rings. The first-order valence-corrected chi connectivity index (χ1v) is 14.2. The SMILES string of the molecule is COc1ccc2c3c1O[C@H]1[C@@]4(OC)C=C[C@]5(C[C@@H]4C(=O)NCc4ccccc4)[C@@H](C2)N(CC2CC2)CC[C@]315. The number of carbonyl (C=O) groups excluding carboxylic acids is 1. The Morgan fingerprint density at radius 1 is 1.13 bits per heavy atom. The van der Waals surface area contributed by atoms with Gasteiger partial charge in [-0.25, -0.2) is 0 Å². The Labute approximate surface area is 224 Å². The Balaban J connectivity index is 1.26. The second-order valence-corrected chi connectivity index (χ2v) is 12.4. The predicted octanol–water partition coefficient (Wildman–Crippen LogP) is 4.01. The van der Waals surface area contributed by atoms with Crippen molar-refractivity contribution in [1.82, 2.24) is 10.2 Å². The molecule has 9 rings (SSSR count). The maximum atomic E-state index is 14.1. The highest BCUT2D eigenvalue weighted by Crippen LogP contribution is 2.74. The lowest BCUT2D eigenvalue weighted by molar-refractivity contribution is -0.215. The van der Waals surface area contributed by atoms with E-state index < -0.39 is 5.60 Å². The van der Waals surface area contributed by atoms with Gasteiger partial charge in [0, 0.05) is 37.2 Å². The zero-order chi connectivity index (χ0) is 25.7. The fourth-order valence-corrected chi connectivity index (χ4v) is 9.13. The lowest BCUT2D eigenvalue weighted by Crippen LogP contribution is -2.80. The summed E-state index contributed by atoms with van der Waals surface area (Å²) in [7, 11) is 3.48. The Bertz CT molecular complexity index is 1340. The normalized spacial score (nSPS) is 37.5. The van der Waals surface area contributed by atoms with Crippen molar-refractivity contribution in [2.24, 2.45) is 17.3 Å². The molecule has 2 spiro atoms. The third kappa shape index (κ3) is 2.73. The van der Waals surface area contributed by atoms with Crippen LogP contribution < -0.4 is 14.8 Å². The summed E-state index contributed by atoms with van der Waals surface area (Å²) in [6.07, 6.45) is 9.88. The summed E-state index contributed by atoms with van der Waals surface area (Å²) in [6.45, 7) is 2.75. The van der Waals surface area contributed by atoms with Crippen LogP contribution in [0.4, 0.5) is 0 Å². The Kier molecular flexibility index (Phi) is 4.77. The van der Waals surface area contributed by atoms with Crippen LogP contribution in [0.25, 0.3) is 0 Å². The molecule has 6 nitrogen and oxygen atoms in total. The summed E-state index contributed by atoms with van der Waals surface area (Å²) in [5.74, 6) is 2.22. The Morgan fingerprint density at radius 3 is 2.74 bits per heavy atom. The van der Waals surface area contributed by atoms with Crippen LogP contribution in [-0.2, 0) is 27.9 Å². The topological polar surface area (TPSA) is 60.0 Å². The first-order valence-electron chi connectivity index (χ1n) is 14.2. The van der Waals surface area contributed by atoms with Gasteiger partial charge in [-0.3, -0.25) is 9.69 Å². The highest BCUT2D eigenvalue weighted by Gasteiger charge is 2.80. The second-order valence-electron chi connectivity index (χ2n) is 12.4. The third-order valence-electron chi connectivity index (χ3n) is 10.9. The predicted molar refractivity (Wildman–Crippen MR) is 143 cm³/mol. The monoisotopic (exact) mass is 512 g/mol. The summed E-state index contributed by atoms with van der Waals surface area (Å²) >= 11 is 0. The number of ether oxygens (including phenoxy) is 3. The van der Waals surface area contributed by atoms with Crippen LogP contribution in [0.2, 0.25) is 0 Å². The van der Waals surface area contributed by atoms with Gasteiger partial charge in [-0.2, -0.15) is 0 Å². The number of hydrogen-bond donors (Lipinski definition) is 1. The summed E-state index contributed by atoms with van der Waals surface area (Å²) in [6, 6.07) is 14.8. The number of amides is 1. The van der Waals surface area contributed by atoms with Gasteiger partial charge in [-0.15, -0.1) is 0 Å². The quantitative estimate of drug-likeness (QED) is 0.568. The van der Waals surface area contributed by atoms with Crippen LogP contribution in [-0.4, -0.2) is 55.9 Å². The van der Waals surface area contributed by atoms with Crippen molar-refractivity contribution < 1.29 is 19.0 Å². The van der Waals surface area contributed by atoms with Gasteiger partial charge in [0.05, 0.1) is 18.4 Å². The summed E-state index contributed by atoms with van der Waals surface area (Å²) < 4.78 is 19.3. The average molecular weight is 513 g/mol. The maximum Gasteiger partial charge on any atom is 0.226 e. The van der Waals surface area contributed by atoms with E-state index in [-0.39, 0.29) is 28.8 Å². The summed E-state index contributed by atoms with van der Waals surface area (Å²) in [5.41, 5.74) is 2.60. The number of piperidine rings is 1. The zero-order valence-electron chi connectivity index (χ0n) is 22.2. The van der Waals surface area contributed by atoms with E-state index in [1.165, 1.54) is 30.5 Å². The molecule has 2 aromatic carbocycles. The van der Waals surface area contributed by atoms with E-state index in [1.807, 2.05) is 18.2 Å². The Morgan fingerprint density at radius 2 is 1.97 bits per heavy atom. The van der Waals surface area contributed by atoms with Crippen LogP contribution in [0.5, 0.6) is 11.5 Å². The van der Waals surface area contributed by atoms with E-state index in [0.717, 1.165) is 48.8 Å². The molecule has 5 aliphatic carbocycles. The molecule has 198 valence electrons. The molecule has 2 saturated carbocycles. The van der Waals surface area contributed by atoms with E-state index in [9.17, 15) is 4.79 Å². The standard InChI is InChI=1S/C32H36N2O4/c1-36-24-11-10-22-16-25-30-12-13-32(37-2,23(17-30)28(35)33-18-20-6-4-3-5-7-20)29-31(30,26(22)27(24)38-29)14-15-34(25)19-21-8-9-21/h3-7,10-13,21,23,25,29H,8-9,14-19H2,1-2H3,(H,33,35)/t23-,25-,29-,30+,31+,32-/m1/s1. The number of carbonyl (C=O) groups is 1. The van der Waals surface area contributed by atoms with E-state index >= 15 is 0 Å². The van der Waals surface area contributed by atoms with E-state index in [4.69, 9.17) is 14.2 Å². The lowest BCUT2D eigenvalue weighted by atomic mass is 9.37. The number of hydrogen-bond acceptors (Lipinski definition) is 5. The third-order valence-corrected chi connectivity index (χ3v) is 10.9. The molecule has 6 heteroatoms. The highest BCUT2D eigenvalue weighted by atomic mass is 16.6. The van der Waals surface area contributed by atoms with Crippen molar-refractivity contribution in [2.45, 2.75) is 61.8 Å². The van der Waals surface area contributed by atoms with Gasteiger partial charge in [0.2, 0.25) is 5.91 Å². The second kappa shape index (κ2) is 7.86. The van der Waals surface area contributed by atoms with Gasteiger partial charge >= 0.3 is 0 Å². The molecule has 38 heavy (non-hydrogen) atoms. The zero-order valence-corrected chi connectivity index (χ0v) is 22.2. The first kappa shape index (κ1) is 23.1. The lowest BCUT2D eigenvalue weighted by Gasteiger charge is -2.71. The average Bonchev–Trinajstić information content (AvgIpc) is 3.70. The molecule has 0 radical (unpaired) electrons. The van der Waals surface area contributed by atoms with Crippen LogP contribution in [0.3, 0.4) is 0 Å². The molecule has 1 saturated heterocycles. The summed E-state index contributed by atoms with van der Waals surface area (Å²) in [4.78, 5) is 16.8. The molecule has 1 amide bonds. The van der Waals surface area contributed by atoms with E-state index in [1.54, 1.807) is 14.2 Å². The minimum Gasteiger partial charge on any atom is -0.493 e. The molecule has 6 atom stereocenters. The van der Waals surface area contributed by atoms with Crippen molar-refractivity contribution in [3.63, 3.8) is 0 Å². The van der Waals surface area contributed by atoms with Crippen LogP contribution in [0, 0.1) is 17.3 Å². The van der Waals surface area contributed by atoms with Gasteiger partial charge < -0.3 is 19.5 Å². The number of benzene rings is 2. The van der Waals surface area contributed by atoms with Gasteiger partial charge in [-0.1, -0.05) is 48.6 Å². The molecule has 4 bridgehead atoms. The van der Waals surface area contributed by atoms with Crippen LogP contribution in [0.15, 0.2) is 54.6 Å². The Hall–Kier alpha value is -2.83.